The Morgan fingerprint density at radius 2 is 1.82 bits per heavy atom. The number of rotatable bonds is 8. The number of pyridine rings is 1. The number of amides is 3. The molecule has 2 aliphatic rings. The highest BCUT2D eigenvalue weighted by Gasteiger charge is 2.22. The highest BCUT2D eigenvalue weighted by molar-refractivity contribution is 6.07. The normalized spacial score (nSPS) is 18.0. The van der Waals surface area contributed by atoms with E-state index >= 15 is 0 Å². The maximum Gasteiger partial charge on any atom is 0.255 e. The number of carbonyl (C=O) groups excluding carboxylic acids is 3. The number of hydrogen-bond acceptors (Lipinski definition) is 5. The summed E-state index contributed by atoms with van der Waals surface area (Å²) in [5, 5.41) is 11.7. The summed E-state index contributed by atoms with van der Waals surface area (Å²) in [4.78, 5) is 41.9. The van der Waals surface area contributed by atoms with Gasteiger partial charge in [0.1, 0.15) is 5.82 Å². The molecule has 1 aliphatic heterocycles. The van der Waals surface area contributed by atoms with Gasteiger partial charge in [0.15, 0.2) is 0 Å². The molecule has 1 aliphatic carbocycles. The van der Waals surface area contributed by atoms with Crippen LogP contribution in [-0.4, -0.2) is 41.8 Å². The Bertz CT molecular complexity index is 1030. The van der Waals surface area contributed by atoms with Gasteiger partial charge in [-0.05, 0) is 68.5 Å². The fourth-order valence-corrected chi connectivity index (χ4v) is 4.66. The molecule has 3 amide bonds. The number of hydrogen-bond donors (Lipinski definition) is 4. The van der Waals surface area contributed by atoms with Crippen LogP contribution in [0.5, 0.6) is 0 Å². The van der Waals surface area contributed by atoms with E-state index in [0.29, 0.717) is 35.1 Å². The van der Waals surface area contributed by atoms with E-state index in [0.717, 1.165) is 31.4 Å². The topological polar surface area (TPSA) is 112 Å². The maximum absolute atomic E-state index is 12.9. The van der Waals surface area contributed by atoms with Gasteiger partial charge >= 0.3 is 0 Å². The summed E-state index contributed by atoms with van der Waals surface area (Å²) in [6, 6.07) is 8.33. The largest absolute Gasteiger partial charge is 0.352 e. The lowest BCUT2D eigenvalue weighted by Gasteiger charge is -2.12. The molecule has 2 aromatic rings. The van der Waals surface area contributed by atoms with E-state index in [2.05, 4.69) is 26.3 Å². The summed E-state index contributed by atoms with van der Waals surface area (Å²) in [6.07, 6.45) is 9.40. The third kappa shape index (κ3) is 6.20. The molecular weight excluding hydrogens is 430 g/mol. The molecule has 180 valence electrons. The number of nitrogens with zero attached hydrogens (tertiary/aromatic N) is 1. The third-order valence-corrected chi connectivity index (χ3v) is 6.71. The van der Waals surface area contributed by atoms with Crippen molar-refractivity contribution in [1.29, 1.82) is 0 Å². The second-order valence-corrected chi connectivity index (χ2v) is 9.25. The molecule has 0 radical (unpaired) electrons. The Hall–Kier alpha value is -3.26. The molecule has 1 atom stereocenters. The third-order valence-electron chi connectivity index (χ3n) is 6.71. The van der Waals surface area contributed by atoms with E-state index in [1.807, 2.05) is 6.92 Å². The van der Waals surface area contributed by atoms with E-state index in [1.54, 1.807) is 30.3 Å². The molecule has 34 heavy (non-hydrogen) atoms. The second-order valence-electron chi connectivity index (χ2n) is 9.25. The van der Waals surface area contributed by atoms with Gasteiger partial charge in [0.25, 0.3) is 11.8 Å². The Morgan fingerprint density at radius 1 is 1.00 bits per heavy atom. The molecule has 1 aromatic carbocycles. The van der Waals surface area contributed by atoms with Crippen molar-refractivity contribution in [2.45, 2.75) is 57.9 Å². The number of benzene rings is 1. The molecule has 4 rings (SSSR count). The van der Waals surface area contributed by atoms with Crippen molar-refractivity contribution < 1.29 is 14.4 Å². The van der Waals surface area contributed by atoms with E-state index < -0.39 is 0 Å². The lowest BCUT2D eigenvalue weighted by Crippen LogP contribution is -2.35. The number of nitrogens with one attached hydrogen (secondary N) is 4. The van der Waals surface area contributed by atoms with Crippen molar-refractivity contribution in [3.05, 3.63) is 53.2 Å². The van der Waals surface area contributed by atoms with Crippen molar-refractivity contribution in [3.63, 3.8) is 0 Å². The van der Waals surface area contributed by atoms with Gasteiger partial charge in [-0.1, -0.05) is 31.7 Å². The summed E-state index contributed by atoms with van der Waals surface area (Å²) < 4.78 is 0. The molecule has 2 fully saturated rings. The quantitative estimate of drug-likeness (QED) is 0.478. The molecule has 1 saturated carbocycles. The lowest BCUT2D eigenvalue weighted by molar-refractivity contribution is -0.117. The summed E-state index contributed by atoms with van der Waals surface area (Å²) in [7, 11) is 0. The van der Waals surface area contributed by atoms with Crippen molar-refractivity contribution in [2.24, 2.45) is 5.92 Å². The SMILES string of the molecule is Cc1ccc(C(=O)NCCC2CCCC2)cc1C(=O)Nc1ccc(NC(=O)[C@H]2CCCN2)nc1. The van der Waals surface area contributed by atoms with Gasteiger partial charge in [0.05, 0.1) is 17.9 Å². The molecule has 1 saturated heterocycles. The first kappa shape index (κ1) is 23.9. The molecule has 8 nitrogen and oxygen atoms in total. The van der Waals surface area contributed by atoms with Gasteiger partial charge in [-0.15, -0.1) is 0 Å². The fourth-order valence-electron chi connectivity index (χ4n) is 4.66. The van der Waals surface area contributed by atoms with E-state index in [4.69, 9.17) is 0 Å². The summed E-state index contributed by atoms with van der Waals surface area (Å²) in [5.74, 6) is 0.574. The summed E-state index contributed by atoms with van der Waals surface area (Å²) in [5.41, 5.74) is 2.20. The Balaban J connectivity index is 1.32. The number of anilines is 2. The first-order valence-corrected chi connectivity index (χ1v) is 12.2. The predicted octanol–water partition coefficient (Wildman–Crippen LogP) is 3.64. The van der Waals surface area contributed by atoms with Crippen molar-refractivity contribution in [2.75, 3.05) is 23.7 Å². The van der Waals surface area contributed by atoms with Crippen LogP contribution in [0.15, 0.2) is 36.5 Å². The van der Waals surface area contributed by atoms with Crippen LogP contribution in [0.1, 0.15) is 71.2 Å². The first-order chi connectivity index (χ1) is 16.5. The average molecular weight is 464 g/mol. The number of aromatic nitrogens is 1. The predicted molar refractivity (Wildman–Crippen MR) is 132 cm³/mol. The number of aryl methyl sites for hydroxylation is 1. The van der Waals surface area contributed by atoms with Crippen LogP contribution in [0.25, 0.3) is 0 Å². The zero-order chi connectivity index (χ0) is 23.9. The van der Waals surface area contributed by atoms with Gasteiger partial charge in [-0.25, -0.2) is 4.98 Å². The fraction of sp³-hybridized carbons (Fsp3) is 0.462. The molecule has 0 unspecified atom stereocenters. The summed E-state index contributed by atoms with van der Waals surface area (Å²) >= 11 is 0. The first-order valence-electron chi connectivity index (χ1n) is 12.2. The van der Waals surface area contributed by atoms with E-state index in [1.165, 1.54) is 31.9 Å². The maximum atomic E-state index is 12.9. The van der Waals surface area contributed by atoms with Crippen LogP contribution in [0.2, 0.25) is 0 Å². The van der Waals surface area contributed by atoms with Gasteiger partial charge < -0.3 is 21.3 Å². The molecule has 1 aromatic heterocycles. The molecule has 0 spiro atoms. The van der Waals surface area contributed by atoms with E-state index in [-0.39, 0.29) is 23.8 Å². The van der Waals surface area contributed by atoms with Crippen molar-refractivity contribution in [3.8, 4) is 0 Å². The van der Waals surface area contributed by atoms with Crippen LogP contribution in [0, 0.1) is 12.8 Å². The van der Waals surface area contributed by atoms with Gasteiger partial charge in [-0.3, -0.25) is 14.4 Å². The zero-order valence-corrected chi connectivity index (χ0v) is 19.7. The minimum atomic E-state index is -0.313. The van der Waals surface area contributed by atoms with Crippen LogP contribution in [0.4, 0.5) is 11.5 Å². The highest BCUT2D eigenvalue weighted by atomic mass is 16.2. The molecule has 8 heteroatoms. The Morgan fingerprint density at radius 3 is 2.53 bits per heavy atom. The van der Waals surface area contributed by atoms with Gasteiger partial charge in [0.2, 0.25) is 5.91 Å². The molecule has 0 bridgehead atoms. The Labute approximate surface area is 200 Å². The van der Waals surface area contributed by atoms with Crippen LogP contribution in [-0.2, 0) is 4.79 Å². The van der Waals surface area contributed by atoms with E-state index in [9.17, 15) is 14.4 Å². The van der Waals surface area contributed by atoms with Crippen molar-refractivity contribution in [1.82, 2.24) is 15.6 Å². The molecule has 2 heterocycles. The Kier molecular flexibility index (Phi) is 7.90. The van der Waals surface area contributed by atoms with Crippen LogP contribution in [0.3, 0.4) is 0 Å². The van der Waals surface area contributed by atoms with Crippen molar-refractivity contribution >= 4 is 29.2 Å². The standard InChI is InChI=1S/C26H33N5O3/c1-17-8-9-19(24(32)28-14-12-18-5-2-3-6-18)15-21(17)25(33)30-20-10-11-23(29-16-20)31-26(34)22-7-4-13-27-22/h8-11,15-16,18,22,27H,2-7,12-14H2,1H3,(H,28,32)(H,30,33)(H,29,31,34)/t22-/m1/s1. The minimum Gasteiger partial charge on any atom is -0.352 e. The number of carbonyl (C=O) groups is 3. The van der Waals surface area contributed by atoms with Gasteiger partial charge in [-0.2, -0.15) is 0 Å². The van der Waals surface area contributed by atoms with Gasteiger partial charge in [0, 0.05) is 17.7 Å². The second kappa shape index (κ2) is 11.2. The lowest BCUT2D eigenvalue weighted by atomic mass is 10.0. The molecule has 4 N–H and O–H groups in total. The average Bonchev–Trinajstić information content (AvgIpc) is 3.55. The molecular formula is C26H33N5O3. The monoisotopic (exact) mass is 463 g/mol. The zero-order valence-electron chi connectivity index (χ0n) is 19.7. The van der Waals surface area contributed by atoms with Crippen LogP contribution >= 0.6 is 0 Å². The summed E-state index contributed by atoms with van der Waals surface area (Å²) in [6.45, 7) is 3.34. The van der Waals surface area contributed by atoms with Crippen LogP contribution < -0.4 is 21.3 Å². The minimum absolute atomic E-state index is 0.101. The smallest absolute Gasteiger partial charge is 0.255 e. The highest BCUT2D eigenvalue weighted by Crippen LogP contribution is 2.27.